The number of nitrogens with zero attached hydrogens (tertiary/aromatic N) is 2. The number of para-hydroxylation sites is 2. The number of aromatic nitrogens is 1. The summed E-state index contributed by atoms with van der Waals surface area (Å²) in [5.74, 6) is 0. The third-order valence-electron chi connectivity index (χ3n) is 10.0. The summed E-state index contributed by atoms with van der Waals surface area (Å²) in [5, 5.41) is 5.12. The molecule has 0 unspecified atom stereocenters. The van der Waals surface area contributed by atoms with Crippen molar-refractivity contribution in [2.24, 2.45) is 0 Å². The average Bonchev–Trinajstić information content (AvgIpc) is 3.75. The van der Waals surface area contributed by atoms with Crippen molar-refractivity contribution >= 4 is 70.4 Å². The van der Waals surface area contributed by atoms with E-state index in [1.165, 1.54) is 75.6 Å². The first-order valence-electron chi connectivity index (χ1n) is 17.4. The standard InChI is InChI=1S/C48H32N2S/c1-3-12-33(13-4-1)34-22-27-38(28-23-34)49(45-20-11-18-43-42-17-8-10-21-47(42)51-48(43)45)39-29-24-35(25-30-39)36-26-31-41-40-16-7-9-19-44(40)50(46(41)32-36)37-14-5-2-6-15-37/h1-32H. The van der Waals surface area contributed by atoms with Gasteiger partial charge in [-0.1, -0.05) is 133 Å². The fourth-order valence-corrected chi connectivity index (χ4v) is 8.78. The van der Waals surface area contributed by atoms with Crippen LogP contribution in [0.15, 0.2) is 194 Å². The third kappa shape index (κ3) is 5.01. The first-order valence-corrected chi connectivity index (χ1v) is 18.2. The largest absolute Gasteiger partial charge is 0.309 e. The van der Waals surface area contributed by atoms with Crippen LogP contribution < -0.4 is 4.90 Å². The molecular weight excluding hydrogens is 637 g/mol. The average molecular weight is 669 g/mol. The van der Waals surface area contributed by atoms with Crippen LogP contribution in [-0.4, -0.2) is 4.57 Å². The number of hydrogen-bond donors (Lipinski definition) is 0. The number of hydrogen-bond acceptors (Lipinski definition) is 2. The molecular formula is C48H32N2S. The van der Waals surface area contributed by atoms with Crippen molar-refractivity contribution < 1.29 is 0 Å². The molecule has 0 aliphatic carbocycles. The fourth-order valence-electron chi connectivity index (χ4n) is 7.58. The molecule has 2 aromatic heterocycles. The predicted octanol–water partition coefficient (Wildman–Crippen LogP) is 14.0. The Balaban J connectivity index is 1.10. The Kier molecular flexibility index (Phi) is 7.04. The number of rotatable bonds is 6. The predicted molar refractivity (Wildman–Crippen MR) is 219 cm³/mol. The highest BCUT2D eigenvalue weighted by Gasteiger charge is 2.19. The molecule has 8 aromatic carbocycles. The zero-order chi connectivity index (χ0) is 33.7. The van der Waals surface area contributed by atoms with Gasteiger partial charge in [0.1, 0.15) is 0 Å². The van der Waals surface area contributed by atoms with E-state index < -0.39 is 0 Å². The lowest BCUT2D eigenvalue weighted by molar-refractivity contribution is 1.18. The Morgan fingerprint density at radius 2 is 0.922 bits per heavy atom. The second-order valence-corrected chi connectivity index (χ2v) is 14.0. The van der Waals surface area contributed by atoms with E-state index in [1.54, 1.807) is 0 Å². The van der Waals surface area contributed by atoms with Gasteiger partial charge in [0.25, 0.3) is 0 Å². The maximum atomic E-state index is 2.41. The first-order chi connectivity index (χ1) is 25.3. The lowest BCUT2D eigenvalue weighted by atomic mass is 10.0. The second kappa shape index (κ2) is 12.2. The molecule has 3 heteroatoms. The van der Waals surface area contributed by atoms with E-state index in [0.29, 0.717) is 0 Å². The number of benzene rings is 8. The lowest BCUT2D eigenvalue weighted by Crippen LogP contribution is -2.10. The van der Waals surface area contributed by atoms with Crippen molar-refractivity contribution in [1.29, 1.82) is 0 Å². The van der Waals surface area contributed by atoms with Crippen molar-refractivity contribution in [1.82, 2.24) is 4.57 Å². The van der Waals surface area contributed by atoms with Crippen molar-refractivity contribution in [2.45, 2.75) is 0 Å². The molecule has 240 valence electrons. The highest BCUT2D eigenvalue weighted by molar-refractivity contribution is 7.26. The van der Waals surface area contributed by atoms with Gasteiger partial charge in [-0.2, -0.15) is 0 Å². The molecule has 51 heavy (non-hydrogen) atoms. The summed E-state index contributed by atoms with van der Waals surface area (Å²) in [7, 11) is 0. The molecule has 0 fully saturated rings. The van der Waals surface area contributed by atoms with Crippen LogP contribution in [0.2, 0.25) is 0 Å². The summed E-state index contributed by atoms with van der Waals surface area (Å²) in [5.41, 5.74) is 11.8. The van der Waals surface area contributed by atoms with Gasteiger partial charge < -0.3 is 9.47 Å². The summed E-state index contributed by atoms with van der Waals surface area (Å²) in [4.78, 5) is 2.41. The van der Waals surface area contributed by atoms with Gasteiger partial charge in [0, 0.05) is 43.3 Å². The Morgan fingerprint density at radius 1 is 0.373 bits per heavy atom. The first kappa shape index (κ1) is 29.5. The molecule has 2 heterocycles. The minimum Gasteiger partial charge on any atom is -0.309 e. The number of anilines is 3. The zero-order valence-corrected chi connectivity index (χ0v) is 28.6. The van der Waals surface area contributed by atoms with Gasteiger partial charge in [-0.05, 0) is 82.9 Å². The van der Waals surface area contributed by atoms with Crippen LogP contribution in [0.5, 0.6) is 0 Å². The molecule has 0 spiro atoms. The lowest BCUT2D eigenvalue weighted by Gasteiger charge is -2.26. The van der Waals surface area contributed by atoms with Crippen LogP contribution in [0.1, 0.15) is 0 Å². The molecule has 0 aliphatic heterocycles. The summed E-state index contributed by atoms with van der Waals surface area (Å²) in [6, 6.07) is 70.3. The second-order valence-electron chi connectivity index (χ2n) is 13.0. The molecule has 0 amide bonds. The van der Waals surface area contributed by atoms with Crippen LogP contribution >= 0.6 is 11.3 Å². The van der Waals surface area contributed by atoms with Gasteiger partial charge in [0.15, 0.2) is 0 Å². The Morgan fingerprint density at radius 3 is 1.67 bits per heavy atom. The molecule has 0 saturated heterocycles. The molecule has 0 N–H and O–H groups in total. The molecule has 0 saturated carbocycles. The molecule has 0 radical (unpaired) electrons. The summed E-state index contributed by atoms with van der Waals surface area (Å²) >= 11 is 1.86. The SMILES string of the molecule is c1ccc(-c2ccc(N(c3ccc(-c4ccc5c6ccccc6n(-c6ccccc6)c5c4)cc3)c3cccc4c3sc3ccccc34)cc2)cc1. The molecule has 0 aliphatic rings. The van der Waals surface area contributed by atoms with E-state index in [-0.39, 0.29) is 0 Å². The van der Waals surface area contributed by atoms with E-state index in [2.05, 4.69) is 204 Å². The van der Waals surface area contributed by atoms with E-state index in [4.69, 9.17) is 0 Å². The van der Waals surface area contributed by atoms with Crippen LogP contribution in [0.3, 0.4) is 0 Å². The summed E-state index contributed by atoms with van der Waals surface area (Å²) < 4.78 is 4.97. The quantitative estimate of drug-likeness (QED) is 0.171. The van der Waals surface area contributed by atoms with Crippen LogP contribution in [0.4, 0.5) is 17.1 Å². The van der Waals surface area contributed by atoms with Gasteiger partial charge in [-0.3, -0.25) is 0 Å². The van der Waals surface area contributed by atoms with Gasteiger partial charge in [0.05, 0.1) is 21.4 Å². The van der Waals surface area contributed by atoms with Crippen LogP contribution in [-0.2, 0) is 0 Å². The fraction of sp³-hybridized carbons (Fsp3) is 0. The van der Waals surface area contributed by atoms with Crippen molar-refractivity contribution in [3.63, 3.8) is 0 Å². The third-order valence-corrected chi connectivity index (χ3v) is 11.2. The van der Waals surface area contributed by atoms with Crippen LogP contribution in [0, 0.1) is 0 Å². The molecule has 10 aromatic rings. The normalized spacial score (nSPS) is 11.5. The minimum absolute atomic E-state index is 1.12. The van der Waals surface area contributed by atoms with E-state index in [1.807, 2.05) is 11.3 Å². The Labute approximate surface area is 300 Å². The van der Waals surface area contributed by atoms with Crippen LogP contribution in [0.25, 0.3) is 69.9 Å². The van der Waals surface area contributed by atoms with E-state index >= 15 is 0 Å². The van der Waals surface area contributed by atoms with E-state index in [0.717, 1.165) is 11.4 Å². The number of thiophene rings is 1. The van der Waals surface area contributed by atoms with Gasteiger partial charge in [-0.15, -0.1) is 11.3 Å². The maximum Gasteiger partial charge on any atom is 0.0640 e. The summed E-state index contributed by atoms with van der Waals surface area (Å²) in [6.07, 6.45) is 0. The Hall–Kier alpha value is -6.42. The van der Waals surface area contributed by atoms with E-state index in [9.17, 15) is 0 Å². The monoisotopic (exact) mass is 668 g/mol. The summed E-state index contributed by atoms with van der Waals surface area (Å²) in [6.45, 7) is 0. The molecule has 2 nitrogen and oxygen atoms in total. The highest BCUT2D eigenvalue weighted by Crippen LogP contribution is 2.45. The van der Waals surface area contributed by atoms with Crippen molar-refractivity contribution in [3.8, 4) is 27.9 Å². The zero-order valence-electron chi connectivity index (χ0n) is 27.8. The topological polar surface area (TPSA) is 8.17 Å². The van der Waals surface area contributed by atoms with Gasteiger partial charge in [-0.25, -0.2) is 0 Å². The minimum atomic E-state index is 1.12. The smallest absolute Gasteiger partial charge is 0.0640 e. The number of fused-ring (bicyclic) bond motifs is 6. The van der Waals surface area contributed by atoms with Crippen molar-refractivity contribution in [2.75, 3.05) is 4.90 Å². The molecule has 0 atom stereocenters. The molecule has 10 rings (SSSR count). The molecule has 0 bridgehead atoms. The van der Waals surface area contributed by atoms with Gasteiger partial charge >= 0.3 is 0 Å². The highest BCUT2D eigenvalue weighted by atomic mass is 32.1. The maximum absolute atomic E-state index is 2.41. The Bertz CT molecular complexity index is 2830. The van der Waals surface area contributed by atoms with Gasteiger partial charge in [0.2, 0.25) is 0 Å². The van der Waals surface area contributed by atoms with Crippen molar-refractivity contribution in [3.05, 3.63) is 194 Å².